The van der Waals surface area contributed by atoms with Gasteiger partial charge in [-0.3, -0.25) is 24.2 Å². The van der Waals surface area contributed by atoms with Gasteiger partial charge in [0.25, 0.3) is 5.91 Å². The van der Waals surface area contributed by atoms with Gasteiger partial charge < -0.3 is 10.2 Å². The topological polar surface area (TPSA) is 85.8 Å². The van der Waals surface area contributed by atoms with Crippen molar-refractivity contribution in [3.05, 3.63) is 53.6 Å². The quantitative estimate of drug-likeness (QED) is 0.550. The van der Waals surface area contributed by atoms with Crippen LogP contribution >= 0.6 is 11.3 Å². The molecule has 2 saturated heterocycles. The molecule has 0 atom stereocenters. The zero-order chi connectivity index (χ0) is 23.7. The number of nitrogens with zero attached hydrogens (tertiary/aromatic N) is 4. The number of hydrogen-bond donors (Lipinski definition) is 1. The molecule has 2 aliphatic heterocycles. The van der Waals surface area contributed by atoms with Gasteiger partial charge in [0.1, 0.15) is 0 Å². The molecule has 1 N–H and O–H groups in total. The number of carbonyl (C=O) groups is 3. The van der Waals surface area contributed by atoms with Crippen molar-refractivity contribution in [1.82, 2.24) is 15.2 Å². The summed E-state index contributed by atoms with van der Waals surface area (Å²) < 4.78 is 1.23. The summed E-state index contributed by atoms with van der Waals surface area (Å²) in [7, 11) is 0. The highest BCUT2D eigenvalue weighted by molar-refractivity contribution is 7.22. The number of imide groups is 1. The molecule has 2 fully saturated rings. The molecular formula is C25H27N5O3S. The highest BCUT2D eigenvalue weighted by atomic mass is 32.1. The van der Waals surface area contributed by atoms with E-state index in [1.165, 1.54) is 15.2 Å². The molecule has 0 aliphatic carbocycles. The molecule has 0 radical (unpaired) electrons. The summed E-state index contributed by atoms with van der Waals surface area (Å²) in [5.41, 5.74) is 3.34. The molecule has 0 spiro atoms. The maximum Gasteiger partial charge on any atom is 0.251 e. The summed E-state index contributed by atoms with van der Waals surface area (Å²) in [6.07, 6.45) is 0.491. The Bertz CT molecular complexity index is 1220. The van der Waals surface area contributed by atoms with Crippen LogP contribution < -0.4 is 15.1 Å². The van der Waals surface area contributed by atoms with Crippen LogP contribution in [0.25, 0.3) is 10.2 Å². The van der Waals surface area contributed by atoms with E-state index >= 15 is 0 Å². The van der Waals surface area contributed by atoms with E-state index in [9.17, 15) is 14.4 Å². The number of thiazole rings is 1. The Hall–Kier alpha value is -3.30. The van der Waals surface area contributed by atoms with Gasteiger partial charge in [0, 0.05) is 57.7 Å². The summed E-state index contributed by atoms with van der Waals surface area (Å²) in [4.78, 5) is 46.9. The molecule has 3 aromatic rings. The van der Waals surface area contributed by atoms with E-state index in [0.717, 1.165) is 43.4 Å². The number of amides is 3. The molecule has 0 unspecified atom stereocenters. The van der Waals surface area contributed by atoms with Gasteiger partial charge in [-0.2, -0.15) is 0 Å². The molecule has 0 saturated carbocycles. The second-order valence-electron chi connectivity index (χ2n) is 8.72. The molecule has 2 aliphatic rings. The van der Waals surface area contributed by atoms with E-state index in [-0.39, 0.29) is 30.6 Å². The van der Waals surface area contributed by atoms with Crippen molar-refractivity contribution in [2.45, 2.75) is 19.8 Å². The Kier molecular flexibility index (Phi) is 6.30. The summed E-state index contributed by atoms with van der Waals surface area (Å²) in [6.45, 7) is 7.14. The van der Waals surface area contributed by atoms with Gasteiger partial charge >= 0.3 is 0 Å². The summed E-state index contributed by atoms with van der Waals surface area (Å²) in [5, 5.41) is 4.04. The number of hydrogen-bond acceptors (Lipinski definition) is 7. The number of piperazine rings is 1. The van der Waals surface area contributed by atoms with E-state index in [0.29, 0.717) is 17.8 Å². The second kappa shape index (κ2) is 9.52. The first-order chi connectivity index (χ1) is 16.5. The van der Waals surface area contributed by atoms with Crippen molar-refractivity contribution in [3.8, 4) is 0 Å². The first-order valence-corrected chi connectivity index (χ1v) is 12.4. The number of aryl methyl sites for hydroxylation is 1. The van der Waals surface area contributed by atoms with Crippen LogP contribution in [0, 0.1) is 6.92 Å². The van der Waals surface area contributed by atoms with Crippen LogP contribution in [0.3, 0.4) is 0 Å². The fourth-order valence-corrected chi connectivity index (χ4v) is 5.49. The third-order valence-electron chi connectivity index (χ3n) is 6.33. The molecule has 0 bridgehead atoms. The summed E-state index contributed by atoms with van der Waals surface area (Å²) >= 11 is 1.75. The molecule has 176 valence electrons. The van der Waals surface area contributed by atoms with Crippen LogP contribution in [0.5, 0.6) is 0 Å². The highest BCUT2D eigenvalue weighted by Gasteiger charge is 2.30. The minimum absolute atomic E-state index is 0.158. The number of aromatic nitrogens is 1. The monoisotopic (exact) mass is 477 g/mol. The van der Waals surface area contributed by atoms with Crippen molar-refractivity contribution in [1.29, 1.82) is 0 Å². The van der Waals surface area contributed by atoms with Crippen molar-refractivity contribution in [2.24, 2.45) is 0 Å². The number of nitrogens with one attached hydrogen (secondary N) is 1. The number of benzene rings is 2. The smallest absolute Gasteiger partial charge is 0.251 e. The van der Waals surface area contributed by atoms with Crippen LogP contribution in [0.2, 0.25) is 0 Å². The second-order valence-corrected chi connectivity index (χ2v) is 9.73. The van der Waals surface area contributed by atoms with Crippen molar-refractivity contribution in [2.75, 3.05) is 49.1 Å². The van der Waals surface area contributed by atoms with E-state index in [1.54, 1.807) is 35.6 Å². The average molecular weight is 478 g/mol. The van der Waals surface area contributed by atoms with E-state index < -0.39 is 0 Å². The molecule has 3 amide bonds. The van der Waals surface area contributed by atoms with Crippen molar-refractivity contribution >= 4 is 50.1 Å². The highest BCUT2D eigenvalue weighted by Crippen LogP contribution is 2.30. The minimum Gasteiger partial charge on any atom is -0.351 e. The maximum atomic E-state index is 12.5. The van der Waals surface area contributed by atoms with Gasteiger partial charge in [0.15, 0.2) is 5.13 Å². The summed E-state index contributed by atoms with van der Waals surface area (Å²) in [5.74, 6) is -0.546. The standard InChI is InChI=1S/C25H27N5O3S/c1-17-2-7-20-21(16-17)34-25(27-20)29-14-12-28(13-15-29)11-10-26-24(33)18-3-5-19(6-4-18)30-22(31)8-9-23(30)32/h2-7,16H,8-15H2,1H3,(H,26,33). The van der Waals surface area contributed by atoms with Gasteiger partial charge in [0.2, 0.25) is 11.8 Å². The zero-order valence-electron chi connectivity index (χ0n) is 19.1. The fraction of sp³-hybridized carbons (Fsp3) is 0.360. The Morgan fingerprint density at radius 1 is 1.00 bits per heavy atom. The lowest BCUT2D eigenvalue weighted by atomic mass is 10.2. The molecule has 9 heteroatoms. The predicted octanol–water partition coefficient (Wildman–Crippen LogP) is 2.81. The molecule has 8 nitrogen and oxygen atoms in total. The predicted molar refractivity (Wildman–Crippen MR) is 134 cm³/mol. The van der Waals surface area contributed by atoms with Crippen molar-refractivity contribution < 1.29 is 14.4 Å². The largest absolute Gasteiger partial charge is 0.351 e. The number of fused-ring (bicyclic) bond motifs is 1. The lowest BCUT2D eigenvalue weighted by molar-refractivity contribution is -0.121. The van der Waals surface area contributed by atoms with Crippen LogP contribution in [-0.2, 0) is 9.59 Å². The molecule has 2 aromatic carbocycles. The van der Waals surface area contributed by atoms with E-state index in [4.69, 9.17) is 4.98 Å². The van der Waals surface area contributed by atoms with Crippen LogP contribution in [0.1, 0.15) is 28.8 Å². The Morgan fingerprint density at radius 2 is 1.71 bits per heavy atom. The summed E-state index contributed by atoms with van der Waals surface area (Å²) in [6, 6.07) is 13.0. The third-order valence-corrected chi connectivity index (χ3v) is 7.41. The number of anilines is 2. The van der Waals surface area contributed by atoms with Gasteiger partial charge in [-0.15, -0.1) is 0 Å². The number of carbonyl (C=O) groups excluding carboxylic acids is 3. The Labute approximate surface area is 202 Å². The first-order valence-electron chi connectivity index (χ1n) is 11.6. The zero-order valence-corrected chi connectivity index (χ0v) is 19.9. The number of rotatable bonds is 6. The van der Waals surface area contributed by atoms with Crippen LogP contribution in [-0.4, -0.2) is 66.9 Å². The molecule has 5 rings (SSSR count). The third kappa shape index (κ3) is 4.67. The van der Waals surface area contributed by atoms with E-state index in [2.05, 4.69) is 40.2 Å². The molecule has 3 heterocycles. The Morgan fingerprint density at radius 3 is 2.41 bits per heavy atom. The first kappa shape index (κ1) is 22.5. The van der Waals surface area contributed by atoms with Gasteiger partial charge in [-0.05, 0) is 48.9 Å². The van der Waals surface area contributed by atoms with Gasteiger partial charge in [0.05, 0.1) is 15.9 Å². The molecule has 34 heavy (non-hydrogen) atoms. The van der Waals surface area contributed by atoms with Gasteiger partial charge in [-0.25, -0.2) is 4.98 Å². The van der Waals surface area contributed by atoms with E-state index in [1.807, 2.05) is 0 Å². The molecular weight excluding hydrogens is 450 g/mol. The Balaban J connectivity index is 1.08. The van der Waals surface area contributed by atoms with Crippen LogP contribution in [0.4, 0.5) is 10.8 Å². The van der Waals surface area contributed by atoms with Gasteiger partial charge in [-0.1, -0.05) is 17.4 Å². The lowest BCUT2D eigenvalue weighted by Gasteiger charge is -2.34. The average Bonchev–Trinajstić information content (AvgIpc) is 3.41. The fourth-order valence-electron chi connectivity index (χ4n) is 4.37. The SMILES string of the molecule is Cc1ccc2nc(N3CCN(CCNC(=O)c4ccc(N5C(=O)CCC5=O)cc4)CC3)sc2c1. The maximum absolute atomic E-state index is 12.5. The van der Waals surface area contributed by atoms with Crippen LogP contribution in [0.15, 0.2) is 42.5 Å². The minimum atomic E-state index is -0.194. The normalized spacial score (nSPS) is 17.1. The van der Waals surface area contributed by atoms with Crippen molar-refractivity contribution in [3.63, 3.8) is 0 Å². The molecule has 1 aromatic heterocycles. The lowest BCUT2D eigenvalue weighted by Crippen LogP contribution is -2.48.